The zero-order valence-electron chi connectivity index (χ0n) is 26.4. The Bertz CT molecular complexity index is 1550. The number of nitrogens with zero attached hydrogens (tertiary/aromatic N) is 3. The van der Waals surface area contributed by atoms with Crippen molar-refractivity contribution >= 4 is 40.4 Å². The average molecular weight is 675 g/mol. The first kappa shape index (κ1) is 35.0. The van der Waals surface area contributed by atoms with Crippen LogP contribution < -0.4 is 27.0 Å². The summed E-state index contributed by atoms with van der Waals surface area (Å²) in [6.07, 6.45) is 4.05. The molecule has 0 saturated carbocycles. The number of halogens is 2. The van der Waals surface area contributed by atoms with E-state index in [1.165, 1.54) is 26.0 Å². The number of anilines is 1. The number of ether oxygens (including phenoxy) is 2. The van der Waals surface area contributed by atoms with Gasteiger partial charge in [0.2, 0.25) is 11.8 Å². The van der Waals surface area contributed by atoms with Gasteiger partial charge in [-0.1, -0.05) is 23.9 Å². The lowest BCUT2D eigenvalue weighted by atomic mass is 9.94. The van der Waals surface area contributed by atoms with Crippen molar-refractivity contribution in [3.8, 4) is 0 Å². The minimum absolute atomic E-state index is 0.0164. The quantitative estimate of drug-likeness (QED) is 0.211. The third kappa shape index (κ3) is 8.69. The van der Waals surface area contributed by atoms with Crippen LogP contribution in [0.1, 0.15) is 18.1 Å². The molecule has 2 aliphatic heterocycles. The molecule has 0 saturated heterocycles. The molecule has 0 fully saturated rings. The normalized spacial score (nSPS) is 17.2. The van der Waals surface area contributed by atoms with E-state index in [4.69, 9.17) is 9.47 Å². The van der Waals surface area contributed by atoms with Crippen molar-refractivity contribution in [1.82, 2.24) is 36.4 Å². The van der Waals surface area contributed by atoms with E-state index in [2.05, 4.69) is 36.8 Å². The van der Waals surface area contributed by atoms with Gasteiger partial charge in [-0.25, -0.2) is 23.9 Å². The number of hydrogen-bond acceptors (Lipinski definition) is 11. The van der Waals surface area contributed by atoms with Crippen LogP contribution in [0.5, 0.6) is 0 Å². The Balaban J connectivity index is 1.80. The summed E-state index contributed by atoms with van der Waals surface area (Å²) in [4.78, 5) is 51.5. The van der Waals surface area contributed by atoms with E-state index in [1.807, 2.05) is 19.0 Å². The van der Waals surface area contributed by atoms with Crippen LogP contribution >= 0.6 is 11.8 Å². The van der Waals surface area contributed by atoms with Crippen molar-refractivity contribution in [1.29, 1.82) is 0 Å². The highest BCUT2D eigenvalue weighted by atomic mass is 32.2. The molecule has 5 N–H and O–H groups in total. The van der Waals surface area contributed by atoms with Gasteiger partial charge in [-0.2, -0.15) is 0 Å². The predicted octanol–water partition coefficient (Wildman–Crippen LogP) is 3.22. The van der Waals surface area contributed by atoms with Crippen LogP contribution in [0.3, 0.4) is 0 Å². The fraction of sp³-hybridized carbons (Fsp3) is 0.333. The summed E-state index contributed by atoms with van der Waals surface area (Å²) in [6.45, 7) is 1.34. The molecule has 47 heavy (non-hydrogen) atoms. The van der Waals surface area contributed by atoms with E-state index >= 15 is 0 Å². The van der Waals surface area contributed by atoms with E-state index in [0.29, 0.717) is 40.0 Å². The van der Waals surface area contributed by atoms with Gasteiger partial charge in [-0.3, -0.25) is 30.4 Å². The predicted molar refractivity (Wildman–Crippen MR) is 170 cm³/mol. The van der Waals surface area contributed by atoms with Crippen LogP contribution in [0.25, 0.3) is 4.91 Å². The molecule has 4 amide bonds. The Labute approximate surface area is 274 Å². The van der Waals surface area contributed by atoms with Gasteiger partial charge in [0, 0.05) is 28.8 Å². The Kier molecular flexibility index (Phi) is 12.0. The molecule has 0 aliphatic carbocycles. The van der Waals surface area contributed by atoms with Gasteiger partial charge in [-0.05, 0) is 50.4 Å². The van der Waals surface area contributed by atoms with Crippen molar-refractivity contribution in [2.75, 3.05) is 46.8 Å². The van der Waals surface area contributed by atoms with Crippen molar-refractivity contribution in [2.45, 2.75) is 18.8 Å². The monoisotopic (exact) mass is 674 g/mol. The fourth-order valence-electron chi connectivity index (χ4n) is 4.83. The number of aromatic nitrogens is 1. The maximum absolute atomic E-state index is 14.9. The molecule has 3 heterocycles. The first-order valence-electron chi connectivity index (χ1n) is 14.3. The van der Waals surface area contributed by atoms with E-state index < -0.39 is 53.1 Å². The Morgan fingerprint density at radius 1 is 1.00 bits per heavy atom. The smallest absolute Gasteiger partial charge is 0.411 e. The first-order chi connectivity index (χ1) is 22.6. The van der Waals surface area contributed by atoms with Gasteiger partial charge >= 0.3 is 12.1 Å². The second kappa shape index (κ2) is 16.1. The highest BCUT2D eigenvalue weighted by Crippen LogP contribution is 2.50. The molecule has 0 radical (unpaired) electrons. The number of carbonyl (C=O) groups excluding carboxylic acids is 3. The maximum Gasteiger partial charge on any atom is 0.411 e. The summed E-state index contributed by atoms with van der Waals surface area (Å²) >= 11 is 1.19. The Hall–Kier alpha value is -4.87. The number of amides is 4. The molecule has 0 spiro atoms. The number of thioether (sulfide) groups is 1. The Morgan fingerprint density at radius 3 is 2.28 bits per heavy atom. The second-order valence-corrected chi connectivity index (χ2v) is 11.5. The summed E-state index contributed by atoms with van der Waals surface area (Å²) in [5, 5.41) is 4.47. The zero-order valence-corrected chi connectivity index (χ0v) is 27.2. The summed E-state index contributed by atoms with van der Waals surface area (Å²) < 4.78 is 40.2. The number of benzene rings is 1. The minimum atomic E-state index is -1.02. The number of allylic oxidation sites excluding steroid dienone is 2. The number of carbonyl (C=O) groups is 3. The van der Waals surface area contributed by atoms with Crippen molar-refractivity contribution in [3.05, 3.63) is 88.8 Å². The molecule has 17 heteroatoms. The SMILES string of the molecule is CCOC(=O)N(Cc1c(F)cncc1F)C1SC(c2ccc(NC(=O)NOC)cc2)=C(CN(C)C)C1C(=O)NC1=CC=C(OC)NN1. The number of likely N-dealkylation sites (N-methyl/N-ethyl adjacent to an activating group) is 1. The third-order valence-electron chi connectivity index (χ3n) is 6.85. The van der Waals surface area contributed by atoms with E-state index in [0.717, 1.165) is 17.3 Å². The van der Waals surface area contributed by atoms with Gasteiger partial charge < -0.3 is 25.0 Å². The molecule has 2 unspecified atom stereocenters. The number of rotatable bonds is 12. The first-order valence-corrected chi connectivity index (χ1v) is 15.2. The van der Waals surface area contributed by atoms with Crippen molar-refractivity contribution in [2.24, 2.45) is 5.92 Å². The standard InChI is InChI=1S/C30H36F2N8O6S/c1-6-46-30(43)40(16-19-21(31)13-33-14-22(19)32)28-25(27(41)35-23-11-12-24(44-4)37-36-23)20(15-39(2)3)26(47-28)17-7-9-18(10-8-17)34-29(42)38-45-5/h7-14,25,28,36-37H,6,15-16H2,1-5H3,(H,35,41)(H2,34,38,42). The lowest BCUT2D eigenvalue weighted by Gasteiger charge is -2.33. The molecule has 1 aromatic heterocycles. The van der Waals surface area contributed by atoms with Crippen molar-refractivity contribution < 1.29 is 37.5 Å². The van der Waals surface area contributed by atoms with Crippen LogP contribution in [0, 0.1) is 17.6 Å². The highest BCUT2D eigenvalue weighted by Gasteiger charge is 2.46. The van der Waals surface area contributed by atoms with Gasteiger partial charge in [-0.15, -0.1) is 0 Å². The van der Waals surface area contributed by atoms with Crippen LogP contribution in [-0.2, 0) is 25.7 Å². The van der Waals surface area contributed by atoms with Crippen molar-refractivity contribution in [3.63, 3.8) is 0 Å². The van der Waals surface area contributed by atoms with E-state index in [1.54, 1.807) is 43.3 Å². The van der Waals surface area contributed by atoms with Gasteiger partial charge in [0.1, 0.15) is 22.8 Å². The van der Waals surface area contributed by atoms with Crippen LogP contribution in [0.4, 0.5) is 24.1 Å². The van der Waals surface area contributed by atoms with Gasteiger partial charge in [0.15, 0.2) is 0 Å². The summed E-state index contributed by atoms with van der Waals surface area (Å²) in [6, 6.07) is 6.26. The average Bonchev–Trinajstić information content (AvgIpc) is 3.39. The molecule has 2 atom stereocenters. The lowest BCUT2D eigenvalue weighted by Crippen LogP contribution is -2.49. The lowest BCUT2D eigenvalue weighted by molar-refractivity contribution is -0.124. The summed E-state index contributed by atoms with van der Waals surface area (Å²) in [7, 11) is 6.45. The molecule has 14 nitrogen and oxygen atoms in total. The molecule has 2 aliphatic rings. The second-order valence-electron chi connectivity index (χ2n) is 10.4. The largest absolute Gasteiger partial charge is 0.481 e. The molecule has 252 valence electrons. The number of hydrogen-bond donors (Lipinski definition) is 5. The number of nitrogens with one attached hydrogen (secondary N) is 5. The maximum atomic E-state index is 14.9. The Morgan fingerprint density at radius 2 is 1.70 bits per heavy atom. The summed E-state index contributed by atoms with van der Waals surface area (Å²) in [5.41, 5.74) is 9.19. The molecule has 2 aromatic rings. The van der Waals surface area contributed by atoms with Crippen LogP contribution in [0.15, 0.2) is 66.1 Å². The number of hydrazine groups is 1. The molecule has 0 bridgehead atoms. The van der Waals surface area contributed by atoms with E-state index in [9.17, 15) is 23.2 Å². The molecular weight excluding hydrogens is 638 g/mol. The fourth-order valence-corrected chi connectivity index (χ4v) is 6.39. The highest BCUT2D eigenvalue weighted by molar-refractivity contribution is 8.09. The number of methoxy groups -OCH3 is 1. The van der Waals surface area contributed by atoms with Crippen LogP contribution in [-0.4, -0.2) is 79.7 Å². The number of pyridine rings is 1. The zero-order chi connectivity index (χ0) is 34.1. The topological polar surface area (TPSA) is 158 Å². The van der Waals surface area contributed by atoms with Gasteiger partial charge in [0.25, 0.3) is 0 Å². The number of hydroxylamine groups is 1. The van der Waals surface area contributed by atoms with E-state index in [-0.39, 0.29) is 6.61 Å². The minimum Gasteiger partial charge on any atom is -0.481 e. The third-order valence-corrected chi connectivity index (χ3v) is 8.35. The van der Waals surface area contributed by atoms with Crippen LogP contribution in [0.2, 0.25) is 0 Å². The molecule has 4 rings (SSSR count). The molecular formula is C30H36F2N8O6S. The number of urea groups is 1. The van der Waals surface area contributed by atoms with Gasteiger partial charge in [0.05, 0.1) is 45.7 Å². The summed E-state index contributed by atoms with van der Waals surface area (Å²) in [5.74, 6) is -2.70. The molecule has 1 aromatic carbocycles.